The molecule has 33 heavy (non-hydrogen) atoms. The third-order valence-electron chi connectivity index (χ3n) is 6.47. The summed E-state index contributed by atoms with van der Waals surface area (Å²) in [6, 6.07) is 13.4. The van der Waals surface area contributed by atoms with Gasteiger partial charge in [-0.15, -0.1) is 0 Å². The van der Waals surface area contributed by atoms with Crippen LogP contribution < -0.4 is 4.90 Å². The quantitative estimate of drug-likeness (QED) is 0.492. The summed E-state index contributed by atoms with van der Waals surface area (Å²) < 4.78 is 29.0. The maximum atomic E-state index is 13.8. The summed E-state index contributed by atoms with van der Waals surface area (Å²) >= 11 is 0. The normalized spacial score (nSPS) is 20.2. The van der Waals surface area contributed by atoms with Gasteiger partial charge in [0, 0.05) is 6.04 Å². The van der Waals surface area contributed by atoms with Crippen LogP contribution in [0.1, 0.15) is 56.1 Å². The van der Waals surface area contributed by atoms with Gasteiger partial charge in [-0.2, -0.15) is 9.57 Å². The van der Waals surface area contributed by atoms with Gasteiger partial charge >= 0.3 is 0 Å². The molecule has 0 spiro atoms. The van der Waals surface area contributed by atoms with Crippen LogP contribution in [0.25, 0.3) is 0 Å². The van der Waals surface area contributed by atoms with Crippen molar-refractivity contribution in [2.45, 2.75) is 68.8 Å². The monoisotopic (exact) mass is 465 g/mol. The molecule has 1 heterocycles. The van der Waals surface area contributed by atoms with E-state index in [-0.39, 0.29) is 17.4 Å². The van der Waals surface area contributed by atoms with Gasteiger partial charge in [0.25, 0.3) is 5.91 Å². The van der Waals surface area contributed by atoms with Crippen LogP contribution in [0.15, 0.2) is 53.4 Å². The second-order valence-electron chi connectivity index (χ2n) is 8.74. The van der Waals surface area contributed by atoms with E-state index in [1.54, 1.807) is 36.4 Å². The van der Waals surface area contributed by atoms with Gasteiger partial charge in [0.2, 0.25) is 15.9 Å². The highest BCUT2D eigenvalue weighted by atomic mass is 32.2. The van der Waals surface area contributed by atoms with Crippen molar-refractivity contribution in [2.24, 2.45) is 0 Å². The zero-order valence-corrected chi connectivity index (χ0v) is 19.4. The first-order valence-electron chi connectivity index (χ1n) is 11.3. The smallest absolute Gasteiger partial charge is 0.252 e. The molecule has 1 atom stereocenters. The molecule has 2 aliphatic rings. The van der Waals surface area contributed by atoms with E-state index >= 15 is 0 Å². The summed E-state index contributed by atoms with van der Waals surface area (Å²) in [5.74, 6) is -0.975. The number of hydrogen-bond donors (Lipinski definition) is 0. The molecule has 0 aromatic heterocycles. The number of sulfonamides is 1. The van der Waals surface area contributed by atoms with E-state index in [1.807, 2.05) is 13.0 Å². The first kappa shape index (κ1) is 23.1. The Morgan fingerprint density at radius 3 is 2.12 bits per heavy atom. The molecule has 1 saturated carbocycles. The SMILES string of the molecule is Cc1ccc(S(=O)(=O)N(C2CCCCCC2)C2CC(=O)N(c3ccc(C#N)cc3)C2=O)cc1. The molecule has 1 saturated heterocycles. The van der Waals surface area contributed by atoms with Crippen molar-refractivity contribution in [2.75, 3.05) is 4.90 Å². The van der Waals surface area contributed by atoms with Gasteiger partial charge in [-0.3, -0.25) is 9.59 Å². The Bertz CT molecular complexity index is 1180. The summed E-state index contributed by atoms with van der Waals surface area (Å²) in [6.45, 7) is 1.88. The number of amides is 2. The van der Waals surface area contributed by atoms with E-state index in [2.05, 4.69) is 0 Å². The van der Waals surface area contributed by atoms with Gasteiger partial charge in [-0.25, -0.2) is 13.3 Å². The van der Waals surface area contributed by atoms with Gasteiger partial charge in [0.05, 0.1) is 28.6 Å². The van der Waals surface area contributed by atoms with Crippen LogP contribution in [0.3, 0.4) is 0 Å². The zero-order valence-electron chi connectivity index (χ0n) is 18.6. The Morgan fingerprint density at radius 2 is 1.55 bits per heavy atom. The molecule has 8 heteroatoms. The van der Waals surface area contributed by atoms with Crippen molar-refractivity contribution in [3.05, 3.63) is 59.7 Å². The van der Waals surface area contributed by atoms with Crippen molar-refractivity contribution in [1.29, 1.82) is 5.26 Å². The second kappa shape index (κ2) is 9.46. The maximum absolute atomic E-state index is 13.8. The minimum Gasteiger partial charge on any atom is -0.274 e. The van der Waals surface area contributed by atoms with E-state index in [0.717, 1.165) is 36.1 Å². The molecule has 172 valence electrons. The van der Waals surface area contributed by atoms with E-state index in [9.17, 15) is 18.0 Å². The van der Waals surface area contributed by atoms with Crippen LogP contribution in [0, 0.1) is 18.3 Å². The fraction of sp³-hybridized carbons (Fsp3) is 0.400. The van der Waals surface area contributed by atoms with Crippen LogP contribution in [-0.2, 0) is 19.6 Å². The standard InChI is InChI=1S/C25H27N3O4S/c1-18-8-14-22(15-9-18)33(31,32)28(21-6-4-2-3-5-7-21)23-16-24(29)27(25(23)30)20-12-10-19(17-26)11-13-20/h8-15,21,23H,2-7,16H2,1H3. The summed E-state index contributed by atoms with van der Waals surface area (Å²) in [4.78, 5) is 27.6. The lowest BCUT2D eigenvalue weighted by Crippen LogP contribution is -2.50. The van der Waals surface area contributed by atoms with Crippen molar-refractivity contribution >= 4 is 27.5 Å². The van der Waals surface area contributed by atoms with Crippen LogP contribution in [0.2, 0.25) is 0 Å². The van der Waals surface area contributed by atoms with E-state index in [0.29, 0.717) is 24.1 Å². The number of aryl methyl sites for hydroxylation is 1. The number of anilines is 1. The maximum Gasteiger partial charge on any atom is 0.252 e. The second-order valence-corrected chi connectivity index (χ2v) is 10.6. The van der Waals surface area contributed by atoms with Gasteiger partial charge < -0.3 is 0 Å². The molecule has 4 rings (SSSR count). The average Bonchev–Trinajstić information content (AvgIpc) is 2.97. The topological polar surface area (TPSA) is 98.6 Å². The number of benzene rings is 2. The first-order chi connectivity index (χ1) is 15.8. The van der Waals surface area contributed by atoms with Crippen molar-refractivity contribution in [1.82, 2.24) is 4.31 Å². The molecule has 1 aliphatic carbocycles. The van der Waals surface area contributed by atoms with E-state index in [1.165, 1.54) is 16.4 Å². The minimum absolute atomic E-state index is 0.134. The largest absolute Gasteiger partial charge is 0.274 e. The molecule has 1 unspecified atom stereocenters. The molecule has 0 bridgehead atoms. The highest BCUT2D eigenvalue weighted by Crippen LogP contribution is 2.34. The van der Waals surface area contributed by atoms with Crippen molar-refractivity contribution in [3.8, 4) is 6.07 Å². The van der Waals surface area contributed by atoms with Crippen LogP contribution in [-0.4, -0.2) is 36.6 Å². The van der Waals surface area contributed by atoms with Gasteiger partial charge in [-0.1, -0.05) is 43.4 Å². The van der Waals surface area contributed by atoms with Crippen molar-refractivity contribution in [3.63, 3.8) is 0 Å². The van der Waals surface area contributed by atoms with Crippen molar-refractivity contribution < 1.29 is 18.0 Å². The van der Waals surface area contributed by atoms with Crippen LogP contribution >= 0.6 is 0 Å². The Hall–Kier alpha value is -3.02. The molecule has 0 N–H and O–H groups in total. The predicted molar refractivity (Wildman–Crippen MR) is 124 cm³/mol. The number of imide groups is 1. The summed E-state index contributed by atoms with van der Waals surface area (Å²) in [5, 5.41) is 9.02. The Balaban J connectivity index is 1.73. The average molecular weight is 466 g/mol. The molecule has 7 nitrogen and oxygen atoms in total. The Kier molecular flexibility index (Phi) is 6.63. The lowest BCUT2D eigenvalue weighted by Gasteiger charge is -2.33. The highest BCUT2D eigenvalue weighted by molar-refractivity contribution is 7.89. The number of carbonyl (C=O) groups excluding carboxylic acids is 2. The molecule has 2 amide bonds. The molecular formula is C25H27N3O4S. The Labute approximate surface area is 194 Å². The minimum atomic E-state index is -4.00. The molecule has 1 aliphatic heterocycles. The molecule has 2 aromatic carbocycles. The number of hydrogen-bond acceptors (Lipinski definition) is 5. The Morgan fingerprint density at radius 1 is 0.939 bits per heavy atom. The summed E-state index contributed by atoms with van der Waals surface area (Å²) in [6.07, 6.45) is 4.98. The first-order valence-corrected chi connectivity index (χ1v) is 12.7. The summed E-state index contributed by atoms with van der Waals surface area (Å²) in [5.41, 5.74) is 1.70. The van der Waals surface area contributed by atoms with Gasteiger partial charge in [-0.05, 0) is 56.2 Å². The third kappa shape index (κ3) is 4.56. The number of rotatable bonds is 5. The van der Waals surface area contributed by atoms with Crippen LogP contribution in [0.4, 0.5) is 5.69 Å². The number of nitrogens with zero attached hydrogens (tertiary/aromatic N) is 3. The molecule has 0 radical (unpaired) electrons. The lowest BCUT2D eigenvalue weighted by atomic mass is 10.1. The van der Waals surface area contributed by atoms with E-state index in [4.69, 9.17) is 5.26 Å². The van der Waals surface area contributed by atoms with Gasteiger partial charge in [0.1, 0.15) is 6.04 Å². The fourth-order valence-electron chi connectivity index (χ4n) is 4.73. The lowest BCUT2D eigenvalue weighted by molar-refractivity contribution is -0.122. The van der Waals surface area contributed by atoms with Crippen LogP contribution in [0.5, 0.6) is 0 Å². The van der Waals surface area contributed by atoms with E-state index < -0.39 is 27.9 Å². The van der Waals surface area contributed by atoms with Gasteiger partial charge in [0.15, 0.2) is 0 Å². The third-order valence-corrected chi connectivity index (χ3v) is 8.44. The molecular weight excluding hydrogens is 438 g/mol. The molecule has 2 aromatic rings. The number of carbonyl (C=O) groups is 2. The molecule has 2 fully saturated rings. The summed E-state index contributed by atoms with van der Waals surface area (Å²) in [7, 11) is -4.00. The fourth-order valence-corrected chi connectivity index (χ4v) is 6.56. The number of nitriles is 1. The highest BCUT2D eigenvalue weighted by Gasteiger charge is 2.49. The predicted octanol–water partition coefficient (Wildman–Crippen LogP) is 3.91. The zero-order chi connectivity index (χ0) is 23.6.